The zero-order chi connectivity index (χ0) is 12.8. The predicted octanol–water partition coefficient (Wildman–Crippen LogP) is 3.58. The summed E-state index contributed by atoms with van der Waals surface area (Å²) in [7, 11) is 0. The first-order valence-corrected chi connectivity index (χ1v) is 5.24. The molecule has 3 aromatic rings. The third kappa shape index (κ3) is 1.75. The fourth-order valence-corrected chi connectivity index (χ4v) is 1.85. The van der Waals surface area contributed by atoms with Gasteiger partial charge in [0.25, 0.3) is 0 Å². The van der Waals surface area contributed by atoms with Gasteiger partial charge in [0.2, 0.25) is 0 Å². The average Bonchev–Trinajstić information content (AvgIpc) is 2.95. The third-order valence-corrected chi connectivity index (χ3v) is 2.73. The smallest absolute Gasteiger partial charge is 0.353 e. The van der Waals surface area contributed by atoms with Gasteiger partial charge in [0.15, 0.2) is 0 Å². The van der Waals surface area contributed by atoms with E-state index in [0.717, 1.165) is 17.5 Å². The van der Waals surface area contributed by atoms with E-state index in [-0.39, 0.29) is 0 Å². The Balaban J connectivity index is 2.13. The van der Waals surface area contributed by atoms with Crippen molar-refractivity contribution in [2.75, 3.05) is 0 Å². The monoisotopic (exact) mass is 251 g/mol. The van der Waals surface area contributed by atoms with E-state index in [1.807, 2.05) is 0 Å². The summed E-state index contributed by atoms with van der Waals surface area (Å²) in [6.07, 6.45) is -2.67. The maximum absolute atomic E-state index is 12.6. The Hall–Kier alpha value is -2.24. The number of aromatic amines is 2. The molecule has 3 rings (SSSR count). The molecule has 92 valence electrons. The number of rotatable bonds is 1. The number of alkyl halides is 3. The van der Waals surface area contributed by atoms with Gasteiger partial charge in [-0.3, -0.25) is 5.10 Å². The molecular weight excluding hydrogens is 243 g/mol. The Labute approximate surface area is 99.6 Å². The van der Waals surface area contributed by atoms with Crippen molar-refractivity contribution in [1.82, 2.24) is 15.2 Å². The van der Waals surface area contributed by atoms with Crippen LogP contribution in [-0.4, -0.2) is 15.2 Å². The summed E-state index contributed by atoms with van der Waals surface area (Å²) in [6.45, 7) is 0. The minimum atomic E-state index is -4.33. The molecule has 0 atom stereocenters. The van der Waals surface area contributed by atoms with E-state index >= 15 is 0 Å². The van der Waals surface area contributed by atoms with Gasteiger partial charge in [-0.1, -0.05) is 6.07 Å². The lowest BCUT2D eigenvalue weighted by atomic mass is 10.1. The number of hydrogen-bond acceptors (Lipinski definition) is 1. The van der Waals surface area contributed by atoms with Crippen LogP contribution in [0.25, 0.3) is 22.3 Å². The van der Waals surface area contributed by atoms with Crippen LogP contribution in [0.5, 0.6) is 0 Å². The second-order valence-corrected chi connectivity index (χ2v) is 3.94. The van der Waals surface area contributed by atoms with Crippen molar-refractivity contribution < 1.29 is 13.2 Å². The summed E-state index contributed by atoms with van der Waals surface area (Å²) < 4.78 is 37.7. The van der Waals surface area contributed by atoms with Gasteiger partial charge in [-0.15, -0.1) is 0 Å². The SMILES string of the molecule is FC(F)(F)c1ccc2cc(-c3cc[nH]n3)[nH]c2c1. The number of H-pyrrole nitrogens is 2. The van der Waals surface area contributed by atoms with Crippen LogP contribution in [-0.2, 0) is 6.18 Å². The van der Waals surface area contributed by atoms with E-state index < -0.39 is 11.7 Å². The van der Waals surface area contributed by atoms with Gasteiger partial charge in [-0.25, -0.2) is 0 Å². The zero-order valence-electron chi connectivity index (χ0n) is 9.05. The van der Waals surface area contributed by atoms with E-state index in [1.54, 1.807) is 18.3 Å². The van der Waals surface area contributed by atoms with E-state index in [9.17, 15) is 13.2 Å². The van der Waals surface area contributed by atoms with Crippen LogP contribution in [0.1, 0.15) is 5.56 Å². The molecule has 0 aliphatic heterocycles. The molecule has 2 aromatic heterocycles. The number of benzene rings is 1. The number of hydrogen-bond donors (Lipinski definition) is 2. The van der Waals surface area contributed by atoms with Crippen LogP contribution >= 0.6 is 0 Å². The molecule has 0 saturated heterocycles. The lowest BCUT2D eigenvalue weighted by Gasteiger charge is -2.05. The quantitative estimate of drug-likeness (QED) is 0.682. The second-order valence-electron chi connectivity index (χ2n) is 3.94. The number of nitrogens with one attached hydrogen (secondary N) is 2. The maximum atomic E-state index is 12.6. The lowest BCUT2D eigenvalue weighted by molar-refractivity contribution is -0.137. The molecule has 0 unspecified atom stereocenters. The van der Waals surface area contributed by atoms with Crippen molar-refractivity contribution in [3.8, 4) is 11.4 Å². The van der Waals surface area contributed by atoms with Gasteiger partial charge in [0, 0.05) is 17.1 Å². The number of aromatic nitrogens is 3. The molecule has 18 heavy (non-hydrogen) atoms. The molecule has 0 aliphatic rings. The van der Waals surface area contributed by atoms with Crippen LogP contribution in [0, 0.1) is 0 Å². The minimum absolute atomic E-state index is 0.447. The topological polar surface area (TPSA) is 44.5 Å². The molecule has 6 heteroatoms. The predicted molar refractivity (Wildman–Crippen MR) is 60.9 cm³/mol. The molecule has 2 N–H and O–H groups in total. The number of nitrogens with zero attached hydrogens (tertiary/aromatic N) is 1. The Morgan fingerprint density at radius 3 is 2.56 bits per heavy atom. The van der Waals surface area contributed by atoms with Crippen molar-refractivity contribution in [3.63, 3.8) is 0 Å². The van der Waals surface area contributed by atoms with Crippen LogP contribution in [0.15, 0.2) is 36.5 Å². The summed E-state index contributed by atoms with van der Waals surface area (Å²) in [5, 5.41) is 7.36. The summed E-state index contributed by atoms with van der Waals surface area (Å²) in [6, 6.07) is 7.14. The molecule has 0 saturated carbocycles. The zero-order valence-corrected chi connectivity index (χ0v) is 9.05. The fourth-order valence-electron chi connectivity index (χ4n) is 1.85. The van der Waals surface area contributed by atoms with Crippen LogP contribution in [0.3, 0.4) is 0 Å². The highest BCUT2D eigenvalue weighted by Crippen LogP contribution is 2.32. The molecule has 0 amide bonds. The van der Waals surface area contributed by atoms with Crippen molar-refractivity contribution >= 4 is 10.9 Å². The maximum Gasteiger partial charge on any atom is 0.416 e. The van der Waals surface area contributed by atoms with Crippen molar-refractivity contribution in [1.29, 1.82) is 0 Å². The van der Waals surface area contributed by atoms with Gasteiger partial charge < -0.3 is 4.98 Å². The molecule has 0 aliphatic carbocycles. The highest BCUT2D eigenvalue weighted by atomic mass is 19.4. The largest absolute Gasteiger partial charge is 0.416 e. The molecule has 0 fully saturated rings. The molecular formula is C12H8F3N3. The van der Waals surface area contributed by atoms with E-state index in [2.05, 4.69) is 15.2 Å². The summed E-state index contributed by atoms with van der Waals surface area (Å²) in [5.41, 5.74) is 1.14. The molecule has 3 nitrogen and oxygen atoms in total. The van der Waals surface area contributed by atoms with Gasteiger partial charge in [0.1, 0.15) is 5.69 Å². The van der Waals surface area contributed by atoms with Crippen molar-refractivity contribution in [3.05, 3.63) is 42.1 Å². The molecule has 2 heterocycles. The first-order valence-electron chi connectivity index (χ1n) is 5.24. The van der Waals surface area contributed by atoms with Crippen molar-refractivity contribution in [2.24, 2.45) is 0 Å². The minimum Gasteiger partial charge on any atom is -0.353 e. The van der Waals surface area contributed by atoms with Crippen LogP contribution in [0.4, 0.5) is 13.2 Å². The van der Waals surface area contributed by atoms with Gasteiger partial charge in [0.05, 0.1) is 11.3 Å². The summed E-state index contributed by atoms with van der Waals surface area (Å²) in [5.74, 6) is 0. The van der Waals surface area contributed by atoms with E-state index in [1.165, 1.54) is 6.07 Å². The fraction of sp³-hybridized carbons (Fsp3) is 0.0833. The van der Waals surface area contributed by atoms with E-state index in [4.69, 9.17) is 0 Å². The van der Waals surface area contributed by atoms with Crippen molar-refractivity contribution in [2.45, 2.75) is 6.18 Å². The molecule has 1 aromatic carbocycles. The Morgan fingerprint density at radius 1 is 1.06 bits per heavy atom. The standard InChI is InChI=1S/C12H8F3N3/c13-12(14,15)8-2-1-7-5-11(17-10(7)6-8)9-3-4-16-18-9/h1-6,17H,(H,16,18). The highest BCUT2D eigenvalue weighted by Gasteiger charge is 2.30. The lowest BCUT2D eigenvalue weighted by Crippen LogP contribution is -2.03. The summed E-state index contributed by atoms with van der Waals surface area (Å²) >= 11 is 0. The number of halogens is 3. The first-order chi connectivity index (χ1) is 8.54. The Morgan fingerprint density at radius 2 is 1.89 bits per heavy atom. The van der Waals surface area contributed by atoms with E-state index in [0.29, 0.717) is 16.9 Å². The molecule has 0 radical (unpaired) electrons. The highest BCUT2D eigenvalue weighted by molar-refractivity contribution is 5.85. The first kappa shape index (κ1) is 10.9. The van der Waals surface area contributed by atoms with Gasteiger partial charge >= 0.3 is 6.18 Å². The molecule has 0 spiro atoms. The van der Waals surface area contributed by atoms with Crippen LogP contribution < -0.4 is 0 Å². The van der Waals surface area contributed by atoms with Gasteiger partial charge in [-0.2, -0.15) is 18.3 Å². The Bertz CT molecular complexity index is 680. The number of fused-ring (bicyclic) bond motifs is 1. The average molecular weight is 251 g/mol. The van der Waals surface area contributed by atoms with Gasteiger partial charge in [-0.05, 0) is 24.3 Å². The Kier molecular flexibility index (Phi) is 2.19. The molecule has 0 bridgehead atoms. The third-order valence-electron chi connectivity index (χ3n) is 2.73. The normalized spacial score (nSPS) is 12.2. The summed E-state index contributed by atoms with van der Waals surface area (Å²) in [4.78, 5) is 2.93. The van der Waals surface area contributed by atoms with Crippen LogP contribution in [0.2, 0.25) is 0 Å². The second kappa shape index (κ2) is 3.63.